The molecule has 2 nitrogen and oxygen atoms in total. The summed E-state index contributed by atoms with van der Waals surface area (Å²) in [6.07, 6.45) is 2.83. The Morgan fingerprint density at radius 2 is 2.11 bits per heavy atom. The van der Waals surface area contributed by atoms with E-state index in [1.807, 2.05) is 0 Å². The number of rotatable bonds is 3. The van der Waals surface area contributed by atoms with Crippen molar-refractivity contribution in [2.24, 2.45) is 0 Å². The predicted octanol–water partition coefficient (Wildman–Crippen LogP) is 1.51. The molecule has 0 aromatic carbocycles. The van der Waals surface area contributed by atoms with Gasteiger partial charge < -0.3 is 4.89 Å². The molecule has 0 saturated carbocycles. The minimum Gasteiger partial charge on any atom is -0.772 e. The molecular weight excluding hydrogens is 150 g/mol. The molecule has 0 bridgehead atoms. The van der Waals surface area contributed by atoms with Gasteiger partial charge in [-0.3, -0.25) is 4.57 Å². The van der Waals surface area contributed by atoms with Crippen molar-refractivity contribution in [2.45, 2.75) is 30.8 Å². The van der Waals surface area contributed by atoms with Gasteiger partial charge in [0.25, 0.3) is 0 Å². The molecule has 0 aromatic rings. The van der Waals surface area contributed by atoms with Gasteiger partial charge in [0.05, 0.1) is 8.69 Å². The SMILES string of the molecule is CCC[CH2][Al+][CH3].O=P[O-]. The van der Waals surface area contributed by atoms with Crippen LogP contribution in [0.5, 0.6) is 0 Å². The predicted molar refractivity (Wildman–Crippen MR) is 38.9 cm³/mol. The molecule has 0 aliphatic rings. The first kappa shape index (κ1) is 12.3. The van der Waals surface area contributed by atoms with E-state index in [1.54, 1.807) is 0 Å². The first-order valence-corrected chi connectivity index (χ1v) is 5.76. The Labute approximate surface area is 64.7 Å². The second-order valence-electron chi connectivity index (χ2n) is 1.63. The van der Waals surface area contributed by atoms with Crippen LogP contribution in [0.1, 0.15) is 19.8 Å². The zero-order valence-corrected chi connectivity index (χ0v) is 8.01. The van der Waals surface area contributed by atoms with E-state index in [4.69, 9.17) is 9.46 Å². The van der Waals surface area contributed by atoms with Gasteiger partial charge in [-0.2, -0.15) is 0 Å². The summed E-state index contributed by atoms with van der Waals surface area (Å²) >= 11 is 0.784. The van der Waals surface area contributed by atoms with Gasteiger partial charge in [-0.25, -0.2) is 0 Å². The summed E-state index contributed by atoms with van der Waals surface area (Å²) in [7, 11) is -1.08. The summed E-state index contributed by atoms with van der Waals surface area (Å²) in [4.78, 5) is 8.35. The van der Waals surface area contributed by atoms with E-state index >= 15 is 0 Å². The van der Waals surface area contributed by atoms with E-state index < -0.39 is 8.69 Å². The maximum atomic E-state index is 8.35. The minimum absolute atomic E-state index is 0.784. The van der Waals surface area contributed by atoms with Crippen LogP contribution in [0.25, 0.3) is 0 Å². The van der Waals surface area contributed by atoms with Crippen molar-refractivity contribution in [1.29, 1.82) is 0 Å². The average Bonchev–Trinajstić information content (AvgIpc) is 1.86. The third-order valence-electron chi connectivity index (χ3n) is 0.846. The molecule has 0 saturated heterocycles. The Kier molecular flexibility index (Phi) is 21.6. The average molecular weight is 162 g/mol. The van der Waals surface area contributed by atoms with Crippen molar-refractivity contribution in [3.05, 3.63) is 0 Å². The third kappa shape index (κ3) is 28.9. The molecule has 0 amide bonds. The van der Waals surface area contributed by atoms with Crippen LogP contribution in [0.3, 0.4) is 0 Å². The van der Waals surface area contributed by atoms with Crippen molar-refractivity contribution >= 4 is 23.9 Å². The van der Waals surface area contributed by atoms with E-state index in [0.29, 0.717) is 0 Å². The van der Waals surface area contributed by atoms with Crippen LogP contribution in [0.2, 0.25) is 11.1 Å². The zero-order valence-electron chi connectivity index (χ0n) is 5.96. The molecule has 0 N–H and O–H groups in total. The number of hydrogen-bond acceptors (Lipinski definition) is 2. The molecule has 0 radical (unpaired) electrons. The van der Waals surface area contributed by atoms with Gasteiger partial charge >= 0.3 is 46.1 Å². The second kappa shape index (κ2) is 15.8. The zero-order chi connectivity index (χ0) is 7.54. The molecule has 9 heavy (non-hydrogen) atoms. The van der Waals surface area contributed by atoms with Gasteiger partial charge in [-0.05, 0) is 0 Å². The first-order chi connectivity index (χ1) is 4.33. The minimum atomic E-state index is -1.08. The summed E-state index contributed by atoms with van der Waals surface area (Å²) in [5.74, 6) is 2.32. The van der Waals surface area contributed by atoms with Crippen LogP contribution in [0.4, 0.5) is 0 Å². The molecule has 0 rings (SSSR count). The Bertz CT molecular complexity index is 48.2. The summed E-state index contributed by atoms with van der Waals surface area (Å²) < 4.78 is 8.35. The Balaban J connectivity index is 0. The fourth-order valence-electron chi connectivity index (χ4n) is 0.408. The van der Waals surface area contributed by atoms with Crippen molar-refractivity contribution in [2.75, 3.05) is 0 Å². The Morgan fingerprint density at radius 1 is 1.67 bits per heavy atom. The maximum Gasteiger partial charge on any atom is 0.0642 e. The van der Waals surface area contributed by atoms with Gasteiger partial charge in [0.15, 0.2) is 0 Å². The largest absolute Gasteiger partial charge is 0.772 e. The molecular formula is C5H12AlO2P. The van der Waals surface area contributed by atoms with Crippen LogP contribution in [-0.2, 0) is 4.57 Å². The Hall–Kier alpha value is 0.592. The van der Waals surface area contributed by atoms with E-state index in [1.165, 1.54) is 18.1 Å². The van der Waals surface area contributed by atoms with Crippen molar-refractivity contribution in [3.8, 4) is 0 Å². The molecule has 0 aliphatic carbocycles. The van der Waals surface area contributed by atoms with Gasteiger partial charge in [-0.1, -0.05) is 0 Å². The monoisotopic (exact) mass is 162 g/mol. The van der Waals surface area contributed by atoms with E-state index in [-0.39, 0.29) is 0 Å². The fraction of sp³-hybridized carbons (Fsp3) is 1.00. The molecule has 0 aliphatic heterocycles. The second-order valence-corrected chi connectivity index (χ2v) is 3.17. The van der Waals surface area contributed by atoms with Gasteiger partial charge in [-0.15, -0.1) is 0 Å². The van der Waals surface area contributed by atoms with Gasteiger partial charge in [0, 0.05) is 0 Å². The van der Waals surface area contributed by atoms with Crippen LogP contribution < -0.4 is 4.89 Å². The maximum absolute atomic E-state index is 8.35. The molecule has 0 unspecified atom stereocenters. The quantitative estimate of drug-likeness (QED) is 0.358. The van der Waals surface area contributed by atoms with E-state index in [0.717, 1.165) is 15.2 Å². The molecule has 52 valence electrons. The summed E-state index contributed by atoms with van der Waals surface area (Å²) in [5.41, 5.74) is 0. The topological polar surface area (TPSA) is 40.1 Å². The fourth-order valence-corrected chi connectivity index (χ4v) is 1.22. The van der Waals surface area contributed by atoms with Crippen molar-refractivity contribution in [3.63, 3.8) is 0 Å². The normalized spacial score (nSPS) is 7.44. The molecule has 4 heteroatoms. The molecule has 0 aromatic heterocycles. The molecule has 0 atom stereocenters. The molecule has 0 heterocycles. The summed E-state index contributed by atoms with van der Waals surface area (Å²) in [6.45, 7) is 2.25. The van der Waals surface area contributed by atoms with Gasteiger partial charge in [0.1, 0.15) is 0 Å². The summed E-state index contributed by atoms with van der Waals surface area (Å²) in [6, 6.07) is 0. The standard InChI is InChI=1S/C4H9.CH3.Al.HO2P/c1-3-4-2;;;1-3-2/h1,3-4H2,2H3;1H3;;(H,1,2)/q;;+1;/p-1. The molecule has 0 spiro atoms. The van der Waals surface area contributed by atoms with Crippen LogP contribution >= 0.6 is 8.69 Å². The number of unbranched alkanes of at least 4 members (excludes halogenated alkanes) is 1. The Morgan fingerprint density at radius 3 is 2.22 bits per heavy atom. The first-order valence-electron chi connectivity index (χ1n) is 3.06. The van der Waals surface area contributed by atoms with Gasteiger partial charge in [0.2, 0.25) is 0 Å². The van der Waals surface area contributed by atoms with Crippen molar-refractivity contribution < 1.29 is 9.46 Å². The summed E-state index contributed by atoms with van der Waals surface area (Å²) in [5, 5.41) is 1.50. The van der Waals surface area contributed by atoms with E-state index in [9.17, 15) is 0 Å². The van der Waals surface area contributed by atoms with Crippen LogP contribution in [-0.4, -0.2) is 15.2 Å². The van der Waals surface area contributed by atoms with Crippen LogP contribution in [0.15, 0.2) is 0 Å². The molecule has 0 fully saturated rings. The number of hydrogen-bond donors (Lipinski definition) is 0. The smallest absolute Gasteiger partial charge is 0.0642 e. The third-order valence-corrected chi connectivity index (χ3v) is 1.83. The van der Waals surface area contributed by atoms with Crippen molar-refractivity contribution in [1.82, 2.24) is 0 Å². The van der Waals surface area contributed by atoms with E-state index in [2.05, 4.69) is 12.7 Å². The van der Waals surface area contributed by atoms with Crippen LogP contribution in [0, 0.1) is 0 Å².